The molecule has 1 aromatic heterocycles. The Labute approximate surface area is 159 Å². The third-order valence-electron chi connectivity index (χ3n) is 5.76. The van der Waals surface area contributed by atoms with E-state index in [1.807, 2.05) is 29.2 Å². The van der Waals surface area contributed by atoms with Gasteiger partial charge in [-0.25, -0.2) is 0 Å². The van der Waals surface area contributed by atoms with Gasteiger partial charge in [0.1, 0.15) is 5.69 Å². The minimum Gasteiger partial charge on any atom is -0.368 e. The van der Waals surface area contributed by atoms with Gasteiger partial charge in [-0.2, -0.15) is 0 Å². The van der Waals surface area contributed by atoms with Crippen molar-refractivity contribution in [1.82, 2.24) is 14.8 Å². The highest BCUT2D eigenvalue weighted by molar-refractivity contribution is 5.92. The van der Waals surface area contributed by atoms with Crippen LogP contribution in [0.4, 0.5) is 0 Å². The zero-order valence-electron chi connectivity index (χ0n) is 15.3. The summed E-state index contributed by atoms with van der Waals surface area (Å²) in [6.07, 6.45) is 4.81. The Morgan fingerprint density at radius 1 is 1.11 bits per heavy atom. The highest BCUT2D eigenvalue weighted by Crippen LogP contribution is 2.36. The second-order valence-corrected chi connectivity index (χ2v) is 7.46. The van der Waals surface area contributed by atoms with E-state index in [0.29, 0.717) is 24.7 Å². The molecule has 2 aromatic rings. The van der Waals surface area contributed by atoms with Crippen LogP contribution in [0.3, 0.4) is 0 Å². The third kappa shape index (κ3) is 3.62. The van der Waals surface area contributed by atoms with Crippen LogP contribution < -0.4 is 5.73 Å². The summed E-state index contributed by atoms with van der Waals surface area (Å²) >= 11 is 0. The fourth-order valence-electron chi connectivity index (χ4n) is 4.54. The van der Waals surface area contributed by atoms with E-state index in [9.17, 15) is 9.59 Å². The van der Waals surface area contributed by atoms with E-state index in [4.69, 9.17) is 5.73 Å². The van der Waals surface area contributed by atoms with Crippen LogP contribution in [0.15, 0.2) is 48.7 Å². The number of amides is 2. The van der Waals surface area contributed by atoms with Crippen molar-refractivity contribution in [2.45, 2.75) is 12.5 Å². The predicted octanol–water partition coefficient (Wildman–Crippen LogP) is 1.52. The Bertz CT molecular complexity index is 790. The lowest BCUT2D eigenvalue weighted by Crippen LogP contribution is -2.46. The smallest absolute Gasteiger partial charge is 0.270 e. The van der Waals surface area contributed by atoms with Crippen molar-refractivity contribution < 1.29 is 9.59 Å². The molecule has 0 spiro atoms. The molecule has 3 heterocycles. The fraction of sp³-hybridized carbons (Fsp3) is 0.381. The molecule has 2 unspecified atom stereocenters. The van der Waals surface area contributed by atoms with Crippen molar-refractivity contribution in [1.29, 1.82) is 0 Å². The molecule has 141 valence electrons. The first-order valence-corrected chi connectivity index (χ1v) is 9.48. The number of aromatic nitrogens is 1. The van der Waals surface area contributed by atoms with E-state index in [-0.39, 0.29) is 23.8 Å². The van der Waals surface area contributed by atoms with Crippen LogP contribution in [-0.4, -0.2) is 58.8 Å². The molecular formula is C21H25N4O2. The fourth-order valence-corrected chi connectivity index (χ4v) is 4.54. The lowest BCUT2D eigenvalue weighted by atomic mass is 9.94. The Hall–Kier alpha value is -2.60. The van der Waals surface area contributed by atoms with Crippen LogP contribution >= 0.6 is 0 Å². The first-order chi connectivity index (χ1) is 13.1. The Kier molecular flexibility index (Phi) is 4.99. The average molecular weight is 365 g/mol. The maximum Gasteiger partial charge on any atom is 0.270 e. The molecule has 3 N–H and O–H groups in total. The molecule has 27 heavy (non-hydrogen) atoms. The minimum atomic E-state index is -0.291. The number of nitrogens with one attached hydrogen (secondary N) is 1. The van der Waals surface area contributed by atoms with Crippen LogP contribution in [0.2, 0.25) is 0 Å². The van der Waals surface area contributed by atoms with Gasteiger partial charge in [-0.3, -0.25) is 14.5 Å². The summed E-state index contributed by atoms with van der Waals surface area (Å²) in [6, 6.07) is 13.5. The normalized spacial score (nSPS) is 24.9. The summed E-state index contributed by atoms with van der Waals surface area (Å²) in [5.74, 6) is 0.147. The summed E-state index contributed by atoms with van der Waals surface area (Å²) in [4.78, 5) is 31.8. The molecule has 2 saturated heterocycles. The Balaban J connectivity index is 1.37. The number of carbonyl (C=O) groups excluding carboxylic acids is 2. The number of likely N-dealkylation sites (tertiary alicyclic amines) is 2. The molecular weight excluding hydrogens is 340 g/mol. The van der Waals surface area contributed by atoms with Gasteiger partial charge in [-0.1, -0.05) is 30.3 Å². The number of rotatable bonds is 6. The predicted molar refractivity (Wildman–Crippen MR) is 103 cm³/mol. The number of hydrogen-bond acceptors (Lipinski definition) is 3. The van der Waals surface area contributed by atoms with Gasteiger partial charge >= 0.3 is 0 Å². The molecule has 4 rings (SSSR count). The molecule has 2 amide bonds. The molecule has 1 radical (unpaired) electrons. The molecule has 6 heteroatoms. The van der Waals surface area contributed by atoms with Crippen LogP contribution in [0, 0.1) is 18.3 Å². The number of hydrogen-bond donors (Lipinski definition) is 2. The van der Waals surface area contributed by atoms with Gasteiger partial charge < -0.3 is 15.6 Å². The molecule has 0 saturated carbocycles. The van der Waals surface area contributed by atoms with Gasteiger partial charge in [0.2, 0.25) is 5.91 Å². The Morgan fingerprint density at radius 3 is 2.63 bits per heavy atom. The number of carbonyl (C=O) groups is 2. The van der Waals surface area contributed by atoms with Crippen molar-refractivity contribution in [3.05, 3.63) is 66.3 Å². The molecule has 6 nitrogen and oxygen atoms in total. The molecule has 2 aliphatic rings. The second kappa shape index (κ2) is 7.56. The van der Waals surface area contributed by atoms with Gasteiger partial charge in [-0.15, -0.1) is 0 Å². The highest BCUT2D eigenvalue weighted by atomic mass is 16.2. The number of benzene rings is 1. The summed E-state index contributed by atoms with van der Waals surface area (Å²) in [7, 11) is 0. The molecule has 0 bridgehead atoms. The monoisotopic (exact) mass is 365 g/mol. The molecule has 3 atom stereocenters. The number of nitrogens with two attached hydrogens (primary N) is 1. The molecule has 1 aromatic carbocycles. The van der Waals surface area contributed by atoms with Crippen molar-refractivity contribution in [3.63, 3.8) is 0 Å². The average Bonchev–Trinajstić information content (AvgIpc) is 3.37. The third-order valence-corrected chi connectivity index (χ3v) is 5.76. The van der Waals surface area contributed by atoms with Crippen LogP contribution in [0.1, 0.15) is 22.5 Å². The van der Waals surface area contributed by atoms with E-state index < -0.39 is 0 Å². The molecule has 2 fully saturated rings. The summed E-state index contributed by atoms with van der Waals surface area (Å²) in [5.41, 5.74) is 7.53. The van der Waals surface area contributed by atoms with E-state index in [1.165, 1.54) is 5.56 Å². The number of primary amides is 1. The van der Waals surface area contributed by atoms with Crippen molar-refractivity contribution in [2.75, 3.05) is 26.2 Å². The van der Waals surface area contributed by atoms with Gasteiger partial charge in [-0.05, 0) is 43.0 Å². The maximum absolute atomic E-state index is 12.6. The number of aromatic amines is 1. The summed E-state index contributed by atoms with van der Waals surface area (Å²) in [5, 5.41) is 0. The van der Waals surface area contributed by atoms with Gasteiger partial charge in [0, 0.05) is 31.7 Å². The number of H-pyrrole nitrogens is 1. The topological polar surface area (TPSA) is 82.4 Å². The van der Waals surface area contributed by atoms with E-state index in [0.717, 1.165) is 19.5 Å². The lowest BCUT2D eigenvalue weighted by Gasteiger charge is -2.27. The highest BCUT2D eigenvalue weighted by Gasteiger charge is 2.50. The quantitative estimate of drug-likeness (QED) is 0.814. The number of nitrogens with zero attached hydrogens (tertiary/aromatic N) is 2. The van der Waals surface area contributed by atoms with Crippen LogP contribution in [0.25, 0.3) is 0 Å². The van der Waals surface area contributed by atoms with Crippen molar-refractivity contribution in [3.8, 4) is 0 Å². The first kappa shape index (κ1) is 17.8. The zero-order chi connectivity index (χ0) is 18.8. The van der Waals surface area contributed by atoms with Crippen molar-refractivity contribution in [2.24, 2.45) is 17.6 Å². The lowest BCUT2D eigenvalue weighted by molar-refractivity contribution is -0.123. The molecule has 2 aliphatic heterocycles. The Morgan fingerprint density at radius 2 is 1.93 bits per heavy atom. The van der Waals surface area contributed by atoms with Crippen molar-refractivity contribution >= 4 is 11.8 Å². The van der Waals surface area contributed by atoms with Gasteiger partial charge in [0.25, 0.3) is 5.91 Å². The number of fused-ring (bicyclic) bond motifs is 1. The van der Waals surface area contributed by atoms with Crippen LogP contribution in [-0.2, 0) is 4.79 Å². The molecule has 0 aliphatic carbocycles. The zero-order valence-corrected chi connectivity index (χ0v) is 15.3. The maximum atomic E-state index is 12.6. The van der Waals surface area contributed by atoms with Crippen LogP contribution in [0.5, 0.6) is 0 Å². The summed E-state index contributed by atoms with van der Waals surface area (Å²) in [6.45, 7) is 2.90. The standard InChI is InChI=1S/C21H25N4O2/c22-20(26)19-17-14-25(21(27)18-9-4-10-23-18)13-16(17)12-24(19)11-5-8-15-6-2-1-3-7-15/h1-4,6-10,16-17,19,23H,5,11-14H2,(H2,22,26)/t16?,17-,19?/m1/s1. The summed E-state index contributed by atoms with van der Waals surface area (Å²) < 4.78 is 0. The van der Waals surface area contributed by atoms with E-state index >= 15 is 0 Å². The second-order valence-electron chi connectivity index (χ2n) is 7.46. The minimum absolute atomic E-state index is 0.00146. The van der Waals surface area contributed by atoms with E-state index in [1.54, 1.807) is 12.3 Å². The SMILES string of the molecule is NC(=O)C1[C@@H]2CN(C(=O)c3ccc[nH]3)CC2CN1CC[CH]c1ccccc1. The van der Waals surface area contributed by atoms with E-state index in [2.05, 4.69) is 28.4 Å². The van der Waals surface area contributed by atoms with Gasteiger partial charge in [0.15, 0.2) is 0 Å². The largest absolute Gasteiger partial charge is 0.368 e. The van der Waals surface area contributed by atoms with Gasteiger partial charge in [0.05, 0.1) is 6.04 Å². The first-order valence-electron chi connectivity index (χ1n) is 9.48.